The van der Waals surface area contributed by atoms with Gasteiger partial charge in [0.25, 0.3) is 0 Å². The molecule has 1 aromatic rings. The maximum Gasteiger partial charge on any atom is 0.230 e. The number of carbonyl (C=O) groups is 1. The van der Waals surface area contributed by atoms with Gasteiger partial charge in [0.15, 0.2) is 0 Å². The maximum atomic E-state index is 12.7. The Hall–Kier alpha value is -1.07. The normalized spacial score (nSPS) is 10.5. The van der Waals surface area contributed by atoms with Gasteiger partial charge in [0, 0.05) is 18.9 Å². The summed E-state index contributed by atoms with van der Waals surface area (Å²) in [6, 6.07) is 6.34. The summed E-state index contributed by atoms with van der Waals surface area (Å²) in [4.78, 5) is 11.5. The van der Waals surface area contributed by atoms with E-state index in [1.165, 1.54) is 23.9 Å². The Morgan fingerprint density at radius 1 is 1.15 bits per heavy atom. The number of thioether (sulfide) groups is 1. The largest absolute Gasteiger partial charge is 0.396 e. The number of amides is 1. The molecule has 0 aromatic heterocycles. The summed E-state index contributed by atoms with van der Waals surface area (Å²) < 4.78 is 12.7. The lowest BCUT2D eigenvalue weighted by Crippen LogP contribution is -2.26. The third kappa shape index (κ3) is 8.17. The van der Waals surface area contributed by atoms with Gasteiger partial charge in [-0.3, -0.25) is 4.79 Å². The van der Waals surface area contributed by atoms with E-state index in [1.807, 2.05) is 0 Å². The van der Waals surface area contributed by atoms with Crippen LogP contribution in [0.15, 0.2) is 24.3 Å². The van der Waals surface area contributed by atoms with Crippen LogP contribution >= 0.6 is 11.8 Å². The molecule has 112 valence electrons. The van der Waals surface area contributed by atoms with Crippen molar-refractivity contribution < 1.29 is 14.3 Å². The summed E-state index contributed by atoms with van der Waals surface area (Å²) in [5.41, 5.74) is 1.02. The van der Waals surface area contributed by atoms with E-state index in [-0.39, 0.29) is 18.3 Å². The number of halogens is 1. The van der Waals surface area contributed by atoms with Crippen molar-refractivity contribution >= 4 is 17.7 Å². The lowest BCUT2D eigenvalue weighted by atomic mass is 10.2. The van der Waals surface area contributed by atoms with Crippen LogP contribution in [0.5, 0.6) is 0 Å². The van der Waals surface area contributed by atoms with Gasteiger partial charge in [-0.05, 0) is 30.5 Å². The number of hydrogen-bond donors (Lipinski definition) is 2. The number of nitrogens with one attached hydrogen (secondary N) is 1. The molecule has 20 heavy (non-hydrogen) atoms. The molecule has 3 nitrogen and oxygen atoms in total. The summed E-state index contributed by atoms with van der Waals surface area (Å²) in [5, 5.41) is 11.5. The molecule has 0 fully saturated rings. The van der Waals surface area contributed by atoms with Crippen LogP contribution in [-0.2, 0) is 10.5 Å². The van der Waals surface area contributed by atoms with Crippen LogP contribution in [-0.4, -0.2) is 29.9 Å². The lowest BCUT2D eigenvalue weighted by Gasteiger charge is -2.05. The van der Waals surface area contributed by atoms with E-state index in [0.717, 1.165) is 31.2 Å². The van der Waals surface area contributed by atoms with E-state index in [4.69, 9.17) is 5.11 Å². The highest BCUT2D eigenvalue weighted by Gasteiger charge is 2.01. The molecule has 0 spiro atoms. The smallest absolute Gasteiger partial charge is 0.230 e. The summed E-state index contributed by atoms with van der Waals surface area (Å²) in [5.74, 6) is 0.940. The van der Waals surface area contributed by atoms with E-state index < -0.39 is 0 Å². The zero-order valence-electron chi connectivity index (χ0n) is 11.6. The van der Waals surface area contributed by atoms with Crippen LogP contribution in [0, 0.1) is 5.82 Å². The molecule has 1 aromatic carbocycles. The van der Waals surface area contributed by atoms with Crippen molar-refractivity contribution in [3.8, 4) is 0 Å². The van der Waals surface area contributed by atoms with Crippen molar-refractivity contribution in [1.29, 1.82) is 0 Å². The van der Waals surface area contributed by atoms with Crippen molar-refractivity contribution in [1.82, 2.24) is 5.32 Å². The minimum Gasteiger partial charge on any atom is -0.396 e. The molecule has 5 heteroatoms. The quantitative estimate of drug-likeness (QED) is 0.653. The number of aliphatic hydroxyl groups is 1. The zero-order chi connectivity index (χ0) is 14.6. The first-order valence-electron chi connectivity index (χ1n) is 6.92. The standard InChI is InChI=1S/C15H22FNO2S/c16-14-7-5-13(6-8-14)11-20-12-15(19)17-9-3-1-2-4-10-18/h5-8,18H,1-4,9-12H2,(H,17,19). The minimum absolute atomic E-state index is 0.0410. The fourth-order valence-corrected chi connectivity index (χ4v) is 2.53. The highest BCUT2D eigenvalue weighted by Crippen LogP contribution is 2.12. The first-order chi connectivity index (χ1) is 9.72. The van der Waals surface area contributed by atoms with Gasteiger partial charge in [0.2, 0.25) is 5.91 Å². The van der Waals surface area contributed by atoms with Crippen molar-refractivity contribution in [2.24, 2.45) is 0 Å². The summed E-state index contributed by atoms with van der Waals surface area (Å²) in [6.45, 7) is 0.938. The monoisotopic (exact) mass is 299 g/mol. The molecule has 0 saturated carbocycles. The molecule has 1 rings (SSSR count). The first kappa shape index (κ1) is 17.0. The van der Waals surface area contributed by atoms with E-state index in [1.54, 1.807) is 12.1 Å². The summed E-state index contributed by atoms with van der Waals surface area (Å²) in [7, 11) is 0. The number of rotatable bonds is 10. The third-order valence-corrected chi connectivity index (χ3v) is 3.83. The molecule has 0 radical (unpaired) electrons. The second kappa shape index (κ2) is 10.7. The van der Waals surface area contributed by atoms with Gasteiger partial charge in [-0.25, -0.2) is 4.39 Å². The van der Waals surface area contributed by atoms with E-state index >= 15 is 0 Å². The Labute approximate surface area is 124 Å². The Morgan fingerprint density at radius 3 is 2.55 bits per heavy atom. The lowest BCUT2D eigenvalue weighted by molar-refractivity contribution is -0.118. The second-order valence-corrected chi connectivity index (χ2v) is 5.59. The highest BCUT2D eigenvalue weighted by atomic mass is 32.2. The van der Waals surface area contributed by atoms with Gasteiger partial charge in [-0.2, -0.15) is 0 Å². The molecule has 0 unspecified atom stereocenters. The third-order valence-electron chi connectivity index (χ3n) is 2.82. The van der Waals surface area contributed by atoms with Crippen LogP contribution in [0.4, 0.5) is 4.39 Å². The first-order valence-corrected chi connectivity index (χ1v) is 8.07. The Bertz CT molecular complexity index is 384. The fraction of sp³-hybridized carbons (Fsp3) is 0.533. The fourth-order valence-electron chi connectivity index (χ4n) is 1.71. The Balaban J connectivity index is 2.01. The SMILES string of the molecule is O=C(CSCc1ccc(F)cc1)NCCCCCCO. The topological polar surface area (TPSA) is 49.3 Å². The Morgan fingerprint density at radius 2 is 1.85 bits per heavy atom. The predicted molar refractivity (Wildman–Crippen MR) is 81.1 cm³/mol. The van der Waals surface area contributed by atoms with E-state index in [2.05, 4.69) is 5.32 Å². The molecule has 1 amide bonds. The average Bonchev–Trinajstić information content (AvgIpc) is 2.45. The van der Waals surface area contributed by atoms with Gasteiger partial charge < -0.3 is 10.4 Å². The summed E-state index contributed by atoms with van der Waals surface area (Å²) in [6.07, 6.45) is 3.82. The predicted octanol–water partition coefficient (Wildman–Crippen LogP) is 2.73. The van der Waals surface area contributed by atoms with Gasteiger partial charge in [-0.1, -0.05) is 25.0 Å². The number of hydrogen-bond acceptors (Lipinski definition) is 3. The molecule has 2 N–H and O–H groups in total. The van der Waals surface area contributed by atoms with Crippen molar-refractivity contribution in [2.45, 2.75) is 31.4 Å². The van der Waals surface area contributed by atoms with Crippen molar-refractivity contribution in [2.75, 3.05) is 18.9 Å². The highest BCUT2D eigenvalue weighted by molar-refractivity contribution is 7.99. The number of benzene rings is 1. The number of carbonyl (C=O) groups excluding carboxylic acids is 1. The molecule has 0 saturated heterocycles. The van der Waals surface area contributed by atoms with Crippen LogP contribution in [0.1, 0.15) is 31.2 Å². The minimum atomic E-state index is -0.238. The molecular formula is C15H22FNO2S. The van der Waals surface area contributed by atoms with Gasteiger partial charge in [-0.15, -0.1) is 11.8 Å². The Kier molecular flexibility index (Phi) is 9.07. The molecule has 0 aliphatic heterocycles. The van der Waals surface area contributed by atoms with Crippen molar-refractivity contribution in [3.05, 3.63) is 35.6 Å². The van der Waals surface area contributed by atoms with Gasteiger partial charge in [0.05, 0.1) is 5.75 Å². The number of aliphatic hydroxyl groups excluding tert-OH is 1. The molecule has 0 atom stereocenters. The van der Waals surface area contributed by atoms with Gasteiger partial charge in [0.1, 0.15) is 5.82 Å². The molecule has 0 aliphatic rings. The molecule has 0 heterocycles. The maximum absolute atomic E-state index is 12.7. The molecule has 0 aliphatic carbocycles. The van der Waals surface area contributed by atoms with Crippen LogP contribution in [0.25, 0.3) is 0 Å². The van der Waals surface area contributed by atoms with E-state index in [0.29, 0.717) is 18.1 Å². The zero-order valence-corrected chi connectivity index (χ0v) is 12.4. The van der Waals surface area contributed by atoms with E-state index in [9.17, 15) is 9.18 Å². The van der Waals surface area contributed by atoms with Crippen LogP contribution < -0.4 is 5.32 Å². The second-order valence-electron chi connectivity index (χ2n) is 4.61. The molecular weight excluding hydrogens is 277 g/mol. The van der Waals surface area contributed by atoms with Crippen LogP contribution in [0.3, 0.4) is 0 Å². The summed E-state index contributed by atoms with van der Waals surface area (Å²) >= 11 is 1.52. The number of unbranched alkanes of at least 4 members (excludes halogenated alkanes) is 3. The average molecular weight is 299 g/mol. The van der Waals surface area contributed by atoms with Gasteiger partial charge >= 0.3 is 0 Å². The van der Waals surface area contributed by atoms with Crippen molar-refractivity contribution in [3.63, 3.8) is 0 Å². The van der Waals surface area contributed by atoms with Crippen LogP contribution in [0.2, 0.25) is 0 Å². The molecule has 0 bridgehead atoms.